The molecule has 0 radical (unpaired) electrons. The number of nitrogens with zero attached hydrogens (tertiary/aromatic N) is 2. The topological polar surface area (TPSA) is 75.2 Å². The SMILES string of the molecule is Cc1ccc(C(=N)N)c(OCCC2CCCN2C)n1. The van der Waals surface area contributed by atoms with Crippen molar-refractivity contribution in [2.75, 3.05) is 20.2 Å². The Labute approximate surface area is 114 Å². The molecule has 1 aromatic rings. The molecule has 0 aromatic carbocycles. The Hall–Kier alpha value is -1.62. The van der Waals surface area contributed by atoms with Crippen LogP contribution in [0.25, 0.3) is 0 Å². The summed E-state index contributed by atoms with van der Waals surface area (Å²) in [5, 5.41) is 7.53. The summed E-state index contributed by atoms with van der Waals surface area (Å²) in [6.45, 7) is 3.69. The number of rotatable bonds is 5. The number of pyridine rings is 1. The molecule has 2 rings (SSSR count). The third kappa shape index (κ3) is 3.44. The summed E-state index contributed by atoms with van der Waals surface area (Å²) in [5.41, 5.74) is 6.98. The van der Waals surface area contributed by atoms with Crippen LogP contribution < -0.4 is 10.5 Å². The van der Waals surface area contributed by atoms with E-state index in [4.69, 9.17) is 15.9 Å². The van der Waals surface area contributed by atoms with Crippen LogP contribution in [0.1, 0.15) is 30.5 Å². The summed E-state index contributed by atoms with van der Waals surface area (Å²) >= 11 is 0. The van der Waals surface area contributed by atoms with E-state index in [9.17, 15) is 0 Å². The van der Waals surface area contributed by atoms with Crippen molar-refractivity contribution in [3.63, 3.8) is 0 Å². The first kappa shape index (κ1) is 13.8. The van der Waals surface area contributed by atoms with Crippen LogP contribution in [0, 0.1) is 12.3 Å². The van der Waals surface area contributed by atoms with Crippen LogP contribution in [-0.4, -0.2) is 42.0 Å². The van der Waals surface area contributed by atoms with Crippen molar-refractivity contribution >= 4 is 5.84 Å². The maximum absolute atomic E-state index is 7.53. The van der Waals surface area contributed by atoms with Gasteiger partial charge in [-0.3, -0.25) is 5.41 Å². The number of amidine groups is 1. The summed E-state index contributed by atoms with van der Waals surface area (Å²) in [5.74, 6) is 0.480. The van der Waals surface area contributed by atoms with Gasteiger partial charge in [0, 0.05) is 11.7 Å². The lowest BCUT2D eigenvalue weighted by Gasteiger charge is -2.19. The zero-order valence-corrected chi connectivity index (χ0v) is 11.6. The van der Waals surface area contributed by atoms with E-state index >= 15 is 0 Å². The van der Waals surface area contributed by atoms with Gasteiger partial charge < -0.3 is 15.4 Å². The Balaban J connectivity index is 1.95. The highest BCUT2D eigenvalue weighted by atomic mass is 16.5. The highest BCUT2D eigenvalue weighted by Gasteiger charge is 2.20. The van der Waals surface area contributed by atoms with E-state index in [1.54, 1.807) is 6.07 Å². The van der Waals surface area contributed by atoms with Crippen LogP contribution in [0.15, 0.2) is 12.1 Å². The molecular formula is C14H22N4O. The monoisotopic (exact) mass is 262 g/mol. The quantitative estimate of drug-likeness (QED) is 0.623. The van der Waals surface area contributed by atoms with Gasteiger partial charge >= 0.3 is 0 Å². The molecule has 5 heteroatoms. The maximum atomic E-state index is 7.53. The Morgan fingerprint density at radius 3 is 3.00 bits per heavy atom. The van der Waals surface area contributed by atoms with Crippen molar-refractivity contribution in [1.29, 1.82) is 5.41 Å². The predicted molar refractivity (Wildman–Crippen MR) is 75.8 cm³/mol. The molecule has 3 N–H and O–H groups in total. The molecule has 1 atom stereocenters. The first-order valence-electron chi connectivity index (χ1n) is 6.73. The number of nitrogen functional groups attached to an aromatic ring is 1. The number of aromatic nitrogens is 1. The van der Waals surface area contributed by atoms with Crippen molar-refractivity contribution in [2.24, 2.45) is 5.73 Å². The molecule has 0 aliphatic carbocycles. The molecule has 0 amide bonds. The van der Waals surface area contributed by atoms with E-state index < -0.39 is 0 Å². The van der Waals surface area contributed by atoms with Crippen LogP contribution in [0.3, 0.4) is 0 Å². The van der Waals surface area contributed by atoms with Gasteiger partial charge in [-0.1, -0.05) is 0 Å². The molecule has 1 aliphatic heterocycles. The average Bonchev–Trinajstić information content (AvgIpc) is 2.75. The van der Waals surface area contributed by atoms with Crippen LogP contribution in [-0.2, 0) is 0 Å². The fraction of sp³-hybridized carbons (Fsp3) is 0.571. The highest BCUT2D eigenvalue weighted by molar-refractivity contribution is 5.97. The summed E-state index contributed by atoms with van der Waals surface area (Å²) in [6.07, 6.45) is 3.49. The van der Waals surface area contributed by atoms with Crippen LogP contribution in [0.4, 0.5) is 0 Å². The number of hydrogen-bond acceptors (Lipinski definition) is 4. The minimum absolute atomic E-state index is 0.000449. The van der Waals surface area contributed by atoms with E-state index in [0.717, 1.165) is 12.1 Å². The lowest BCUT2D eigenvalue weighted by molar-refractivity contribution is 0.228. The maximum Gasteiger partial charge on any atom is 0.224 e. The van der Waals surface area contributed by atoms with Crippen LogP contribution in [0.5, 0.6) is 5.88 Å². The van der Waals surface area contributed by atoms with Gasteiger partial charge in [0.15, 0.2) is 0 Å². The van der Waals surface area contributed by atoms with Gasteiger partial charge in [0.1, 0.15) is 5.84 Å². The third-order valence-electron chi connectivity index (χ3n) is 3.65. The fourth-order valence-electron chi connectivity index (χ4n) is 2.48. The Bertz CT molecular complexity index is 461. The first-order chi connectivity index (χ1) is 9.08. The van der Waals surface area contributed by atoms with Gasteiger partial charge in [-0.15, -0.1) is 0 Å². The Kier molecular flexibility index (Phi) is 4.37. The summed E-state index contributed by atoms with van der Waals surface area (Å²) in [7, 11) is 2.16. The molecule has 1 saturated heterocycles. The summed E-state index contributed by atoms with van der Waals surface area (Å²) in [4.78, 5) is 6.69. The molecule has 1 unspecified atom stereocenters. The average molecular weight is 262 g/mol. The molecular weight excluding hydrogens is 240 g/mol. The van der Waals surface area contributed by atoms with E-state index in [1.165, 1.54) is 19.4 Å². The second-order valence-corrected chi connectivity index (χ2v) is 5.13. The number of likely N-dealkylation sites (tertiary alicyclic amines) is 1. The molecule has 0 bridgehead atoms. The highest BCUT2D eigenvalue weighted by Crippen LogP contribution is 2.20. The van der Waals surface area contributed by atoms with Gasteiger partial charge in [0.25, 0.3) is 0 Å². The number of ether oxygens (including phenoxy) is 1. The first-order valence-corrected chi connectivity index (χ1v) is 6.73. The Morgan fingerprint density at radius 1 is 1.58 bits per heavy atom. The Morgan fingerprint density at radius 2 is 2.37 bits per heavy atom. The molecule has 1 aliphatic rings. The number of aryl methyl sites for hydroxylation is 1. The lowest BCUT2D eigenvalue weighted by atomic mass is 10.1. The minimum Gasteiger partial charge on any atom is -0.477 e. The minimum atomic E-state index is 0.000449. The molecule has 1 aromatic heterocycles. The second-order valence-electron chi connectivity index (χ2n) is 5.13. The molecule has 104 valence electrons. The van der Waals surface area contributed by atoms with Crippen LogP contribution >= 0.6 is 0 Å². The molecule has 0 spiro atoms. The number of nitrogens with two attached hydrogens (primary N) is 1. The molecule has 0 saturated carbocycles. The van der Waals surface area contributed by atoms with E-state index in [0.29, 0.717) is 24.1 Å². The third-order valence-corrected chi connectivity index (χ3v) is 3.65. The summed E-state index contributed by atoms with van der Waals surface area (Å²) < 4.78 is 5.73. The van der Waals surface area contributed by atoms with E-state index in [1.807, 2.05) is 13.0 Å². The normalized spacial score (nSPS) is 19.6. The van der Waals surface area contributed by atoms with Crippen molar-refractivity contribution in [3.8, 4) is 5.88 Å². The number of nitrogens with one attached hydrogen (secondary N) is 1. The van der Waals surface area contributed by atoms with Crippen molar-refractivity contribution < 1.29 is 4.74 Å². The molecule has 19 heavy (non-hydrogen) atoms. The summed E-state index contributed by atoms with van der Waals surface area (Å²) in [6, 6.07) is 4.24. The molecule has 2 heterocycles. The van der Waals surface area contributed by atoms with E-state index in [-0.39, 0.29) is 5.84 Å². The van der Waals surface area contributed by atoms with Gasteiger partial charge in [-0.05, 0) is 51.9 Å². The van der Waals surface area contributed by atoms with Crippen molar-refractivity contribution in [3.05, 3.63) is 23.4 Å². The van der Waals surface area contributed by atoms with Gasteiger partial charge in [-0.25, -0.2) is 4.98 Å². The second kappa shape index (κ2) is 6.02. The zero-order chi connectivity index (χ0) is 13.8. The van der Waals surface area contributed by atoms with E-state index in [2.05, 4.69) is 16.9 Å². The largest absolute Gasteiger partial charge is 0.477 e. The fourth-order valence-corrected chi connectivity index (χ4v) is 2.48. The predicted octanol–water partition coefficient (Wildman–Crippen LogP) is 1.54. The van der Waals surface area contributed by atoms with Gasteiger partial charge in [0.2, 0.25) is 5.88 Å². The van der Waals surface area contributed by atoms with Crippen molar-refractivity contribution in [1.82, 2.24) is 9.88 Å². The lowest BCUT2D eigenvalue weighted by Crippen LogP contribution is -2.26. The van der Waals surface area contributed by atoms with Crippen molar-refractivity contribution in [2.45, 2.75) is 32.2 Å². The standard InChI is InChI=1S/C14H22N4O/c1-10-5-6-12(13(15)16)14(17-10)19-9-7-11-4-3-8-18(11)2/h5-6,11H,3-4,7-9H2,1-2H3,(H3,15,16). The van der Waals surface area contributed by atoms with Crippen LogP contribution in [0.2, 0.25) is 0 Å². The van der Waals surface area contributed by atoms with Gasteiger partial charge in [-0.2, -0.15) is 0 Å². The van der Waals surface area contributed by atoms with Gasteiger partial charge in [0.05, 0.1) is 12.2 Å². The number of hydrogen-bond donors (Lipinski definition) is 2. The molecule has 5 nitrogen and oxygen atoms in total. The zero-order valence-electron chi connectivity index (χ0n) is 11.6. The molecule has 1 fully saturated rings. The smallest absolute Gasteiger partial charge is 0.224 e.